The molecule has 0 heterocycles. The van der Waals surface area contributed by atoms with Crippen molar-refractivity contribution >= 4 is 0 Å². The average Bonchev–Trinajstić information content (AvgIpc) is 2.46. The lowest BCUT2D eigenvalue weighted by atomic mass is 9.98. The van der Waals surface area contributed by atoms with E-state index in [9.17, 15) is 0 Å². The maximum Gasteiger partial charge on any atom is 0.0424 e. The van der Waals surface area contributed by atoms with E-state index < -0.39 is 0 Å². The molecule has 0 N–H and O–H groups in total. The van der Waals surface area contributed by atoms with Crippen LogP contribution in [0.25, 0.3) is 0 Å². The third kappa shape index (κ3) is 3.25. The minimum Gasteiger partial charge on any atom is -0.0948 e. The van der Waals surface area contributed by atoms with Crippen LogP contribution in [-0.4, -0.2) is 0 Å². The van der Waals surface area contributed by atoms with E-state index in [0.29, 0.717) is 0 Å². The highest BCUT2D eigenvalue weighted by molar-refractivity contribution is 5.31. The van der Waals surface area contributed by atoms with Crippen molar-refractivity contribution in [1.29, 1.82) is 0 Å². The number of hydrogen-bond acceptors (Lipinski definition) is 0. The van der Waals surface area contributed by atoms with Crippen LogP contribution in [0.2, 0.25) is 0 Å². The Morgan fingerprint density at radius 1 is 0.611 bits per heavy atom. The Morgan fingerprint density at radius 3 is 1.28 bits per heavy atom. The Kier molecular flexibility index (Phi) is 4.20. The van der Waals surface area contributed by atoms with Crippen molar-refractivity contribution in [3.8, 4) is 11.8 Å². The molecule has 2 aromatic carbocycles. The first-order valence-electron chi connectivity index (χ1n) is 6.38. The largest absolute Gasteiger partial charge is 0.0948 e. The molecule has 0 saturated heterocycles. The Bertz CT molecular complexity index is 479. The lowest BCUT2D eigenvalue weighted by Gasteiger charge is -2.06. The molecular formula is C18H18. The van der Waals surface area contributed by atoms with E-state index in [1.54, 1.807) is 0 Å². The van der Waals surface area contributed by atoms with Gasteiger partial charge in [0.1, 0.15) is 0 Å². The number of hydrogen-bond donors (Lipinski definition) is 0. The second kappa shape index (κ2) is 6.07. The molecule has 0 saturated carbocycles. The van der Waals surface area contributed by atoms with Gasteiger partial charge >= 0.3 is 0 Å². The smallest absolute Gasteiger partial charge is 0.0424 e. The minimum absolute atomic E-state index is 0.289. The molecule has 2 atom stereocenters. The van der Waals surface area contributed by atoms with Crippen molar-refractivity contribution in [3.63, 3.8) is 0 Å². The van der Waals surface area contributed by atoms with Crippen molar-refractivity contribution in [3.05, 3.63) is 71.8 Å². The molecule has 0 nitrogen and oxygen atoms in total. The summed E-state index contributed by atoms with van der Waals surface area (Å²) < 4.78 is 0. The summed E-state index contributed by atoms with van der Waals surface area (Å²) in [5, 5.41) is 0. The summed E-state index contributed by atoms with van der Waals surface area (Å²) >= 11 is 0. The Labute approximate surface area is 110 Å². The summed E-state index contributed by atoms with van der Waals surface area (Å²) in [6.07, 6.45) is 0. The molecule has 0 heteroatoms. The molecule has 0 bridgehead atoms. The van der Waals surface area contributed by atoms with Gasteiger partial charge in [0.2, 0.25) is 0 Å². The highest BCUT2D eigenvalue weighted by Crippen LogP contribution is 2.16. The van der Waals surface area contributed by atoms with Gasteiger partial charge in [-0.15, -0.1) is 0 Å². The van der Waals surface area contributed by atoms with Gasteiger partial charge in [-0.25, -0.2) is 0 Å². The van der Waals surface area contributed by atoms with E-state index in [1.165, 1.54) is 11.1 Å². The molecule has 0 aromatic heterocycles. The second-order valence-corrected chi connectivity index (χ2v) is 4.55. The molecule has 0 aliphatic heterocycles. The third-order valence-electron chi connectivity index (χ3n) is 3.12. The summed E-state index contributed by atoms with van der Waals surface area (Å²) in [6.45, 7) is 4.31. The fourth-order valence-corrected chi connectivity index (χ4v) is 1.90. The summed E-state index contributed by atoms with van der Waals surface area (Å²) in [5.41, 5.74) is 2.57. The second-order valence-electron chi connectivity index (χ2n) is 4.55. The maximum atomic E-state index is 3.35. The fourth-order valence-electron chi connectivity index (χ4n) is 1.90. The Hall–Kier alpha value is -2.00. The Balaban J connectivity index is 2.09. The highest BCUT2D eigenvalue weighted by atomic mass is 14.1. The molecule has 2 aromatic rings. The zero-order valence-electron chi connectivity index (χ0n) is 10.9. The quantitative estimate of drug-likeness (QED) is 0.666. The van der Waals surface area contributed by atoms with Crippen LogP contribution >= 0.6 is 0 Å². The average molecular weight is 234 g/mol. The molecule has 18 heavy (non-hydrogen) atoms. The molecule has 0 aliphatic carbocycles. The van der Waals surface area contributed by atoms with Crippen LogP contribution in [0.1, 0.15) is 36.8 Å². The molecular weight excluding hydrogens is 216 g/mol. The van der Waals surface area contributed by atoms with Crippen LogP contribution in [0.5, 0.6) is 0 Å². The van der Waals surface area contributed by atoms with E-state index in [2.05, 4.69) is 74.2 Å². The van der Waals surface area contributed by atoms with Crippen molar-refractivity contribution in [2.45, 2.75) is 25.7 Å². The fraction of sp³-hybridized carbons (Fsp3) is 0.222. The van der Waals surface area contributed by atoms with Crippen LogP contribution < -0.4 is 0 Å². The normalized spacial score (nSPS) is 13.2. The zero-order chi connectivity index (χ0) is 12.8. The van der Waals surface area contributed by atoms with Gasteiger partial charge in [0, 0.05) is 11.8 Å². The summed E-state index contributed by atoms with van der Waals surface area (Å²) in [6, 6.07) is 20.9. The van der Waals surface area contributed by atoms with E-state index in [1.807, 2.05) is 12.1 Å². The molecule has 2 unspecified atom stereocenters. The van der Waals surface area contributed by atoms with Crippen LogP contribution in [0.4, 0.5) is 0 Å². The van der Waals surface area contributed by atoms with Crippen LogP contribution in [0, 0.1) is 11.8 Å². The summed E-state index contributed by atoms with van der Waals surface area (Å²) in [7, 11) is 0. The first kappa shape index (κ1) is 12.5. The van der Waals surface area contributed by atoms with Gasteiger partial charge in [-0.2, -0.15) is 0 Å². The predicted molar refractivity (Wildman–Crippen MR) is 77.5 cm³/mol. The van der Waals surface area contributed by atoms with Crippen LogP contribution in [0.3, 0.4) is 0 Å². The molecule has 90 valence electrons. The van der Waals surface area contributed by atoms with Gasteiger partial charge in [-0.3, -0.25) is 0 Å². The first-order chi connectivity index (χ1) is 8.77. The molecule has 0 spiro atoms. The predicted octanol–water partition coefficient (Wildman–Crippen LogP) is 4.60. The van der Waals surface area contributed by atoms with Gasteiger partial charge in [0.25, 0.3) is 0 Å². The van der Waals surface area contributed by atoms with Crippen LogP contribution in [-0.2, 0) is 0 Å². The lowest BCUT2D eigenvalue weighted by Crippen LogP contribution is -1.92. The molecule has 0 fully saturated rings. The van der Waals surface area contributed by atoms with Crippen LogP contribution in [0.15, 0.2) is 60.7 Å². The van der Waals surface area contributed by atoms with Crippen molar-refractivity contribution in [2.75, 3.05) is 0 Å². The highest BCUT2D eigenvalue weighted by Gasteiger charge is 2.02. The van der Waals surface area contributed by atoms with E-state index in [4.69, 9.17) is 0 Å². The van der Waals surface area contributed by atoms with E-state index in [0.717, 1.165) is 0 Å². The summed E-state index contributed by atoms with van der Waals surface area (Å²) in [4.78, 5) is 0. The number of rotatable bonds is 2. The van der Waals surface area contributed by atoms with E-state index >= 15 is 0 Å². The van der Waals surface area contributed by atoms with Crippen molar-refractivity contribution < 1.29 is 0 Å². The molecule has 2 rings (SSSR count). The zero-order valence-corrected chi connectivity index (χ0v) is 10.9. The standard InChI is InChI=1S/C18H18/c1-15(17-9-5-3-6-10-17)13-14-16(2)18-11-7-4-8-12-18/h3-12,15-16H,1-2H3. The van der Waals surface area contributed by atoms with Gasteiger partial charge in [-0.05, 0) is 25.0 Å². The SMILES string of the molecule is CC(C#CC(C)c1ccccc1)c1ccccc1. The molecule has 0 radical (unpaired) electrons. The topological polar surface area (TPSA) is 0 Å². The lowest BCUT2D eigenvalue weighted by molar-refractivity contribution is 0.971. The molecule has 0 amide bonds. The first-order valence-corrected chi connectivity index (χ1v) is 6.38. The van der Waals surface area contributed by atoms with E-state index in [-0.39, 0.29) is 11.8 Å². The van der Waals surface area contributed by atoms with Gasteiger partial charge in [0.15, 0.2) is 0 Å². The summed E-state index contributed by atoms with van der Waals surface area (Å²) in [5.74, 6) is 7.27. The monoisotopic (exact) mass is 234 g/mol. The third-order valence-corrected chi connectivity index (χ3v) is 3.12. The molecule has 0 aliphatic rings. The van der Waals surface area contributed by atoms with Crippen molar-refractivity contribution in [2.24, 2.45) is 0 Å². The minimum atomic E-state index is 0.289. The van der Waals surface area contributed by atoms with Gasteiger partial charge in [0.05, 0.1) is 0 Å². The Morgan fingerprint density at radius 2 is 0.944 bits per heavy atom. The maximum absolute atomic E-state index is 3.35. The van der Waals surface area contributed by atoms with Crippen molar-refractivity contribution in [1.82, 2.24) is 0 Å². The van der Waals surface area contributed by atoms with Gasteiger partial charge in [-0.1, -0.05) is 72.5 Å². The van der Waals surface area contributed by atoms with Gasteiger partial charge < -0.3 is 0 Å². The number of benzene rings is 2.